The highest BCUT2D eigenvalue weighted by Crippen LogP contribution is 2.25. The third-order valence-electron chi connectivity index (χ3n) is 0.968. The zero-order valence-electron chi connectivity index (χ0n) is 5.14. The van der Waals surface area contributed by atoms with Crippen LogP contribution in [0.4, 0.5) is 13.2 Å². The second-order valence-electron chi connectivity index (χ2n) is 1.70. The summed E-state index contributed by atoms with van der Waals surface area (Å²) in [5, 5.41) is -2.22. The maximum Gasteiger partial charge on any atom is 0.401 e. The van der Waals surface area contributed by atoms with Crippen molar-refractivity contribution < 1.29 is 21.9 Å². The molecule has 2 atom stereocenters. The van der Waals surface area contributed by atoms with Gasteiger partial charge in [-0.05, 0) is 17.5 Å². The summed E-state index contributed by atoms with van der Waals surface area (Å²) in [6.07, 6.45) is -5.05. The summed E-state index contributed by atoms with van der Waals surface area (Å²) in [5.41, 5.74) is 0. The molecule has 2 nitrogen and oxygen atoms in total. The molecule has 62 valence electrons. The van der Waals surface area contributed by atoms with Crippen LogP contribution in [0, 0.1) is 0 Å². The lowest BCUT2D eigenvalue weighted by Crippen LogP contribution is -2.32. The fourth-order valence-electron chi connectivity index (χ4n) is 0.477. The highest BCUT2D eigenvalue weighted by molar-refractivity contribution is 7.79. The Labute approximate surface area is 58.7 Å². The van der Waals surface area contributed by atoms with Crippen LogP contribution in [0.1, 0.15) is 13.3 Å². The summed E-state index contributed by atoms with van der Waals surface area (Å²) < 4.78 is 54.4. The van der Waals surface area contributed by atoms with E-state index in [4.69, 9.17) is 0 Å². The number of halogens is 3. The predicted octanol–water partition coefficient (Wildman–Crippen LogP) is 1.21. The fourth-order valence-corrected chi connectivity index (χ4v) is 0.967. The minimum atomic E-state index is -4.62. The molecule has 0 rings (SSSR count). The zero-order chi connectivity index (χ0) is 8.36. The van der Waals surface area contributed by atoms with Crippen LogP contribution in [0.2, 0.25) is 0 Å². The van der Waals surface area contributed by atoms with Crippen LogP contribution in [-0.4, -0.2) is 20.2 Å². The van der Waals surface area contributed by atoms with Gasteiger partial charge in [-0.2, -0.15) is 13.2 Å². The molecule has 10 heavy (non-hydrogen) atoms. The summed E-state index contributed by atoms with van der Waals surface area (Å²) in [6.45, 7) is 1.17. The maximum atomic E-state index is 11.6. The van der Waals surface area contributed by atoms with Crippen molar-refractivity contribution in [3.05, 3.63) is 0 Å². The van der Waals surface area contributed by atoms with E-state index in [1.165, 1.54) is 6.92 Å². The summed E-state index contributed by atoms with van der Waals surface area (Å²) in [6, 6.07) is 0. The summed E-state index contributed by atoms with van der Waals surface area (Å²) in [4.78, 5) is 0. The van der Waals surface area contributed by atoms with Crippen LogP contribution in [-0.2, 0) is 11.1 Å². The van der Waals surface area contributed by atoms with Crippen molar-refractivity contribution in [3.8, 4) is 0 Å². The Morgan fingerprint density at radius 2 is 2.00 bits per heavy atom. The molecule has 0 amide bonds. The monoisotopic (exact) mass is 175 g/mol. The van der Waals surface area contributed by atoms with Gasteiger partial charge in [0.1, 0.15) is 5.25 Å². The summed E-state index contributed by atoms with van der Waals surface area (Å²) >= 11 is -3.05. The van der Waals surface area contributed by atoms with Crippen LogP contribution in [0.15, 0.2) is 0 Å². The third kappa shape index (κ3) is 2.66. The first-order valence-electron chi connectivity index (χ1n) is 2.54. The molecule has 0 aromatic carbocycles. The van der Waals surface area contributed by atoms with Crippen molar-refractivity contribution in [1.82, 2.24) is 0 Å². The maximum absolute atomic E-state index is 11.6. The van der Waals surface area contributed by atoms with Crippen molar-refractivity contribution in [1.29, 1.82) is 0 Å². The Morgan fingerprint density at radius 3 is 2.00 bits per heavy atom. The minimum Gasteiger partial charge on any atom is -0.772 e. The molecule has 0 fully saturated rings. The molecule has 0 aromatic heterocycles. The molecule has 0 heterocycles. The van der Waals surface area contributed by atoms with Gasteiger partial charge >= 0.3 is 6.18 Å². The third-order valence-corrected chi connectivity index (χ3v) is 2.03. The lowest BCUT2D eigenvalue weighted by Gasteiger charge is -2.20. The number of hydrogen-bond acceptors (Lipinski definition) is 2. The Hall–Kier alpha value is -0.100. The van der Waals surface area contributed by atoms with E-state index in [0.29, 0.717) is 0 Å². The molecule has 0 aromatic rings. The van der Waals surface area contributed by atoms with E-state index in [-0.39, 0.29) is 0 Å². The van der Waals surface area contributed by atoms with E-state index in [1.807, 2.05) is 0 Å². The first-order valence-corrected chi connectivity index (χ1v) is 3.68. The van der Waals surface area contributed by atoms with Gasteiger partial charge in [-0.25, -0.2) is 0 Å². The predicted molar refractivity (Wildman–Crippen MR) is 29.1 cm³/mol. The zero-order valence-corrected chi connectivity index (χ0v) is 5.96. The summed E-state index contributed by atoms with van der Waals surface area (Å²) in [7, 11) is 0. The largest absolute Gasteiger partial charge is 0.772 e. The van der Waals surface area contributed by atoms with Crippen LogP contribution in [0.5, 0.6) is 0 Å². The molecular formula is C4H6F3O2S-. The molecule has 0 spiro atoms. The quantitative estimate of drug-likeness (QED) is 0.592. The summed E-state index contributed by atoms with van der Waals surface area (Å²) in [5.74, 6) is 0. The van der Waals surface area contributed by atoms with E-state index in [2.05, 4.69) is 0 Å². The van der Waals surface area contributed by atoms with E-state index in [0.717, 1.165) is 0 Å². The molecule has 0 saturated heterocycles. The highest BCUT2D eigenvalue weighted by Gasteiger charge is 2.38. The highest BCUT2D eigenvalue weighted by atomic mass is 32.2. The Morgan fingerprint density at radius 1 is 1.60 bits per heavy atom. The van der Waals surface area contributed by atoms with Gasteiger partial charge in [-0.3, -0.25) is 4.21 Å². The van der Waals surface area contributed by atoms with Crippen molar-refractivity contribution in [3.63, 3.8) is 0 Å². The van der Waals surface area contributed by atoms with Crippen LogP contribution in [0.25, 0.3) is 0 Å². The molecule has 0 saturated carbocycles. The number of rotatable bonds is 2. The normalized spacial score (nSPS) is 18.5. The van der Waals surface area contributed by atoms with Gasteiger partial charge < -0.3 is 4.55 Å². The molecule has 0 aliphatic heterocycles. The molecular weight excluding hydrogens is 169 g/mol. The standard InChI is InChI=1S/C4H7F3O2S/c1-2-3(10(8)9)4(5,6)7/h3H,2H2,1H3,(H,8,9)/p-1. The SMILES string of the molecule is CCC(S(=O)[O-])C(F)(F)F. The van der Waals surface area contributed by atoms with Gasteiger partial charge in [0.2, 0.25) is 0 Å². The minimum absolute atomic E-state index is 0.431. The lowest BCUT2D eigenvalue weighted by atomic mass is 10.3. The molecule has 0 aliphatic carbocycles. The van der Waals surface area contributed by atoms with E-state index >= 15 is 0 Å². The van der Waals surface area contributed by atoms with Crippen LogP contribution < -0.4 is 0 Å². The van der Waals surface area contributed by atoms with E-state index < -0.39 is 28.9 Å². The number of hydrogen-bond donors (Lipinski definition) is 0. The van der Waals surface area contributed by atoms with Crippen molar-refractivity contribution in [2.75, 3.05) is 0 Å². The molecule has 0 radical (unpaired) electrons. The van der Waals surface area contributed by atoms with Crippen molar-refractivity contribution in [2.45, 2.75) is 24.8 Å². The van der Waals surface area contributed by atoms with E-state index in [1.54, 1.807) is 0 Å². The molecule has 2 unspecified atom stereocenters. The van der Waals surface area contributed by atoms with Crippen LogP contribution >= 0.6 is 0 Å². The molecule has 0 aliphatic rings. The lowest BCUT2D eigenvalue weighted by molar-refractivity contribution is -0.130. The average molecular weight is 175 g/mol. The molecule has 0 N–H and O–H groups in total. The average Bonchev–Trinajstić information content (AvgIpc) is 1.60. The first kappa shape index (κ1) is 9.90. The van der Waals surface area contributed by atoms with Crippen molar-refractivity contribution in [2.24, 2.45) is 0 Å². The molecule has 6 heteroatoms. The van der Waals surface area contributed by atoms with Gasteiger partial charge in [0.15, 0.2) is 0 Å². The topological polar surface area (TPSA) is 40.1 Å². The Bertz CT molecular complexity index is 133. The van der Waals surface area contributed by atoms with Gasteiger partial charge in [0, 0.05) is 0 Å². The fraction of sp³-hybridized carbons (Fsp3) is 1.00. The van der Waals surface area contributed by atoms with Gasteiger partial charge in [0.25, 0.3) is 0 Å². The first-order chi connectivity index (χ1) is 4.39. The molecule has 0 bridgehead atoms. The number of alkyl halides is 3. The second kappa shape index (κ2) is 3.34. The van der Waals surface area contributed by atoms with Crippen LogP contribution in [0.3, 0.4) is 0 Å². The Kier molecular flexibility index (Phi) is 3.30. The second-order valence-corrected chi connectivity index (χ2v) is 2.79. The Balaban J connectivity index is 4.22. The van der Waals surface area contributed by atoms with Gasteiger partial charge in [-0.15, -0.1) is 0 Å². The van der Waals surface area contributed by atoms with E-state index in [9.17, 15) is 21.9 Å². The smallest absolute Gasteiger partial charge is 0.401 e. The van der Waals surface area contributed by atoms with Gasteiger partial charge in [-0.1, -0.05) is 6.92 Å². The van der Waals surface area contributed by atoms with Crippen molar-refractivity contribution >= 4 is 11.1 Å². The van der Waals surface area contributed by atoms with Gasteiger partial charge in [0.05, 0.1) is 0 Å².